The first-order chi connectivity index (χ1) is 9.94. The lowest BCUT2D eigenvalue weighted by Crippen LogP contribution is -2.35. The normalized spacial score (nSPS) is 24.0. The van der Waals surface area contributed by atoms with E-state index in [1.54, 1.807) is 0 Å². The zero-order valence-electron chi connectivity index (χ0n) is 13.1. The number of nitrogens with one attached hydrogen (secondary N) is 2. The molecule has 21 heavy (non-hydrogen) atoms. The van der Waals surface area contributed by atoms with E-state index in [-0.39, 0.29) is 6.04 Å². The lowest BCUT2D eigenvalue weighted by atomic mass is 10.0. The summed E-state index contributed by atoms with van der Waals surface area (Å²) in [6.45, 7) is 4.72. The Kier molecular flexibility index (Phi) is 5.82. The van der Waals surface area contributed by atoms with Crippen molar-refractivity contribution in [3.8, 4) is 0 Å². The topological polar surface area (TPSA) is 58.2 Å². The highest BCUT2D eigenvalue weighted by Gasteiger charge is 2.27. The van der Waals surface area contributed by atoms with Gasteiger partial charge in [0.25, 0.3) is 0 Å². The van der Waals surface area contributed by atoms with Crippen molar-refractivity contribution < 1.29 is 8.42 Å². The van der Waals surface area contributed by atoms with E-state index in [0.29, 0.717) is 17.4 Å². The molecule has 4 nitrogen and oxygen atoms in total. The van der Waals surface area contributed by atoms with Crippen molar-refractivity contribution in [2.75, 3.05) is 7.05 Å². The Morgan fingerprint density at radius 2 is 2.05 bits per heavy atom. The van der Waals surface area contributed by atoms with Gasteiger partial charge in [0.1, 0.15) is 4.90 Å². The van der Waals surface area contributed by atoms with Gasteiger partial charge >= 0.3 is 0 Å². The Labute approximate surface area is 132 Å². The van der Waals surface area contributed by atoms with Crippen molar-refractivity contribution in [3.63, 3.8) is 0 Å². The van der Waals surface area contributed by atoms with Gasteiger partial charge < -0.3 is 5.32 Å². The fourth-order valence-corrected chi connectivity index (χ4v) is 6.14. The highest BCUT2D eigenvalue weighted by molar-refractivity contribution is 7.89. The predicted molar refractivity (Wildman–Crippen MR) is 88.2 cm³/mol. The summed E-state index contributed by atoms with van der Waals surface area (Å²) < 4.78 is 28.4. The van der Waals surface area contributed by atoms with Crippen molar-refractivity contribution in [2.45, 2.75) is 63.4 Å². The summed E-state index contributed by atoms with van der Waals surface area (Å²) in [6, 6.07) is 0.0849. The Morgan fingerprint density at radius 1 is 1.29 bits per heavy atom. The molecule has 0 radical (unpaired) electrons. The minimum atomic E-state index is -3.41. The molecule has 1 aliphatic carbocycles. The first-order valence-electron chi connectivity index (χ1n) is 7.68. The first kappa shape index (κ1) is 16.9. The summed E-state index contributed by atoms with van der Waals surface area (Å²) in [4.78, 5) is 1.38. The second-order valence-corrected chi connectivity index (χ2v) is 8.75. The van der Waals surface area contributed by atoms with E-state index in [4.69, 9.17) is 0 Å². The number of sulfonamides is 1. The quantitative estimate of drug-likeness (QED) is 0.816. The molecule has 0 bridgehead atoms. The highest BCUT2D eigenvalue weighted by atomic mass is 32.2. The molecule has 6 heteroatoms. The monoisotopic (exact) mass is 330 g/mol. The van der Waals surface area contributed by atoms with E-state index >= 15 is 0 Å². The summed E-state index contributed by atoms with van der Waals surface area (Å²) >= 11 is 1.51. The summed E-state index contributed by atoms with van der Waals surface area (Å²) in [5.41, 5.74) is 0.847. The van der Waals surface area contributed by atoms with Crippen LogP contribution in [-0.4, -0.2) is 21.5 Å². The van der Waals surface area contributed by atoms with Crippen LogP contribution in [-0.2, 0) is 16.6 Å². The third-order valence-corrected chi connectivity index (χ3v) is 7.16. The van der Waals surface area contributed by atoms with Crippen molar-refractivity contribution in [1.29, 1.82) is 0 Å². The molecule has 0 aromatic carbocycles. The van der Waals surface area contributed by atoms with Gasteiger partial charge in [-0.1, -0.05) is 19.8 Å². The van der Waals surface area contributed by atoms with Gasteiger partial charge in [-0.2, -0.15) is 0 Å². The van der Waals surface area contributed by atoms with Crippen LogP contribution < -0.4 is 10.0 Å². The molecule has 1 aromatic rings. The lowest BCUT2D eigenvalue weighted by Gasteiger charge is -2.17. The maximum Gasteiger partial charge on any atom is 0.242 e. The number of rotatable bonds is 5. The van der Waals surface area contributed by atoms with Gasteiger partial charge in [0, 0.05) is 17.5 Å². The molecule has 2 unspecified atom stereocenters. The molecular weight excluding hydrogens is 304 g/mol. The third kappa shape index (κ3) is 4.28. The Balaban J connectivity index is 2.16. The molecule has 2 N–H and O–H groups in total. The molecule has 1 heterocycles. The van der Waals surface area contributed by atoms with Crippen LogP contribution in [0.25, 0.3) is 0 Å². The SMILES string of the molecule is CNCc1scc(C)c1S(=O)(=O)NC1CCCC(C)CC1. The average molecular weight is 331 g/mol. The summed E-state index contributed by atoms with van der Waals surface area (Å²) in [5.74, 6) is 0.710. The van der Waals surface area contributed by atoms with Crippen LogP contribution in [0.4, 0.5) is 0 Å². The van der Waals surface area contributed by atoms with Crippen LogP contribution in [0.5, 0.6) is 0 Å². The van der Waals surface area contributed by atoms with Gasteiger partial charge in [0.15, 0.2) is 0 Å². The van der Waals surface area contributed by atoms with E-state index in [1.807, 2.05) is 19.4 Å². The highest BCUT2D eigenvalue weighted by Crippen LogP contribution is 2.29. The minimum Gasteiger partial charge on any atom is -0.315 e. The molecule has 1 saturated carbocycles. The van der Waals surface area contributed by atoms with Gasteiger partial charge in [-0.15, -0.1) is 11.3 Å². The zero-order valence-corrected chi connectivity index (χ0v) is 14.7. The van der Waals surface area contributed by atoms with Gasteiger partial charge in [0.05, 0.1) is 0 Å². The maximum absolute atomic E-state index is 12.7. The van der Waals surface area contributed by atoms with Crippen molar-refractivity contribution in [1.82, 2.24) is 10.0 Å². The molecule has 2 atom stereocenters. The smallest absolute Gasteiger partial charge is 0.242 e. The van der Waals surface area contributed by atoms with E-state index in [1.165, 1.54) is 17.8 Å². The third-order valence-electron chi connectivity index (χ3n) is 4.17. The average Bonchev–Trinajstić information content (AvgIpc) is 2.66. The fourth-order valence-electron chi connectivity index (χ4n) is 3.01. The Morgan fingerprint density at radius 3 is 2.76 bits per heavy atom. The van der Waals surface area contributed by atoms with Gasteiger partial charge in [-0.05, 0) is 50.1 Å². The van der Waals surface area contributed by atoms with Gasteiger partial charge in [-0.25, -0.2) is 13.1 Å². The molecule has 120 valence electrons. The first-order valence-corrected chi connectivity index (χ1v) is 10.0. The molecule has 0 spiro atoms. The Hall–Kier alpha value is -0.430. The molecule has 1 aliphatic rings. The largest absolute Gasteiger partial charge is 0.315 e. The lowest BCUT2D eigenvalue weighted by molar-refractivity contribution is 0.484. The summed E-state index contributed by atoms with van der Waals surface area (Å²) in [7, 11) is -1.57. The second-order valence-electron chi connectivity index (χ2n) is 6.13. The molecule has 0 aliphatic heterocycles. The summed E-state index contributed by atoms with van der Waals surface area (Å²) in [5, 5.41) is 4.97. The standard InChI is InChI=1S/C15H26N2O2S2/c1-11-5-4-6-13(8-7-11)17-21(18,19)15-12(2)10-20-14(15)9-16-3/h10-11,13,16-17H,4-9H2,1-3H3. The molecular formula is C15H26N2O2S2. The van der Waals surface area contributed by atoms with Crippen molar-refractivity contribution in [2.24, 2.45) is 5.92 Å². The van der Waals surface area contributed by atoms with Crippen LogP contribution in [0.1, 0.15) is 49.5 Å². The number of aryl methyl sites for hydroxylation is 1. The fraction of sp³-hybridized carbons (Fsp3) is 0.733. The minimum absolute atomic E-state index is 0.0849. The van der Waals surface area contributed by atoms with E-state index in [2.05, 4.69) is 17.0 Å². The van der Waals surface area contributed by atoms with Gasteiger partial charge in [0.2, 0.25) is 10.0 Å². The van der Waals surface area contributed by atoms with E-state index in [0.717, 1.165) is 36.1 Å². The Bertz CT molecular complexity index is 566. The zero-order chi connectivity index (χ0) is 15.5. The van der Waals surface area contributed by atoms with E-state index < -0.39 is 10.0 Å². The van der Waals surface area contributed by atoms with Gasteiger partial charge in [-0.3, -0.25) is 0 Å². The van der Waals surface area contributed by atoms with E-state index in [9.17, 15) is 8.42 Å². The molecule has 0 saturated heterocycles. The van der Waals surface area contributed by atoms with Crippen LogP contribution in [0.15, 0.2) is 10.3 Å². The molecule has 2 rings (SSSR count). The molecule has 1 fully saturated rings. The van der Waals surface area contributed by atoms with Crippen LogP contribution in [0.2, 0.25) is 0 Å². The van der Waals surface area contributed by atoms with Crippen molar-refractivity contribution >= 4 is 21.4 Å². The number of hydrogen-bond acceptors (Lipinski definition) is 4. The number of thiophene rings is 1. The summed E-state index contributed by atoms with van der Waals surface area (Å²) in [6.07, 6.45) is 5.33. The maximum atomic E-state index is 12.7. The predicted octanol–water partition coefficient (Wildman–Crippen LogP) is 3.02. The van der Waals surface area contributed by atoms with Crippen LogP contribution in [0, 0.1) is 12.8 Å². The van der Waals surface area contributed by atoms with Crippen molar-refractivity contribution in [3.05, 3.63) is 15.8 Å². The number of hydrogen-bond donors (Lipinski definition) is 2. The van der Waals surface area contributed by atoms with Crippen LogP contribution in [0.3, 0.4) is 0 Å². The second kappa shape index (κ2) is 7.22. The molecule has 1 aromatic heterocycles. The molecule has 0 amide bonds. The van der Waals surface area contributed by atoms with Crippen LogP contribution >= 0.6 is 11.3 Å².